The van der Waals surface area contributed by atoms with Crippen LogP contribution < -0.4 is 5.73 Å². The van der Waals surface area contributed by atoms with E-state index in [4.69, 9.17) is 5.73 Å². The lowest BCUT2D eigenvalue weighted by Crippen LogP contribution is -2.16. The molecule has 1 rings (SSSR count). The minimum absolute atomic E-state index is 0.0412. The molecule has 4 nitrogen and oxygen atoms in total. The Hall–Kier alpha value is -1.16. The first-order chi connectivity index (χ1) is 4.75. The standard InChI is InChI=1S/C6H9N3O/c1-9-5(2-3-8-9)6(10)4-7/h2-3H,4,7H2,1H3. The molecule has 0 spiro atoms. The highest BCUT2D eigenvalue weighted by molar-refractivity contribution is 5.95. The molecule has 0 atom stereocenters. The predicted octanol–water partition coefficient (Wildman–Crippen LogP) is -0.439. The van der Waals surface area contributed by atoms with Crippen molar-refractivity contribution in [3.63, 3.8) is 0 Å². The van der Waals surface area contributed by atoms with Crippen molar-refractivity contribution in [2.24, 2.45) is 12.8 Å². The fourth-order valence-corrected chi connectivity index (χ4v) is 0.752. The van der Waals surface area contributed by atoms with Gasteiger partial charge in [-0.15, -0.1) is 0 Å². The number of aryl methyl sites for hydroxylation is 1. The van der Waals surface area contributed by atoms with Gasteiger partial charge in [0.15, 0.2) is 5.78 Å². The number of carbonyl (C=O) groups excluding carboxylic acids is 1. The van der Waals surface area contributed by atoms with Crippen LogP contribution in [0.25, 0.3) is 0 Å². The first-order valence-corrected chi connectivity index (χ1v) is 2.97. The number of hydrogen-bond donors (Lipinski definition) is 1. The zero-order valence-corrected chi connectivity index (χ0v) is 5.74. The van der Waals surface area contributed by atoms with Crippen molar-refractivity contribution in [1.29, 1.82) is 0 Å². The number of ketones is 1. The van der Waals surface area contributed by atoms with Crippen molar-refractivity contribution >= 4 is 5.78 Å². The van der Waals surface area contributed by atoms with Crippen LogP contribution >= 0.6 is 0 Å². The SMILES string of the molecule is Cn1nccc1C(=O)CN. The second-order valence-electron chi connectivity index (χ2n) is 1.97. The molecule has 0 radical (unpaired) electrons. The quantitative estimate of drug-likeness (QED) is 0.565. The molecule has 0 amide bonds. The average Bonchev–Trinajstić information content (AvgIpc) is 2.34. The highest BCUT2D eigenvalue weighted by Crippen LogP contribution is 1.95. The van der Waals surface area contributed by atoms with Crippen molar-refractivity contribution in [3.8, 4) is 0 Å². The number of aromatic nitrogens is 2. The van der Waals surface area contributed by atoms with Crippen LogP contribution in [0, 0.1) is 0 Å². The van der Waals surface area contributed by atoms with E-state index < -0.39 is 0 Å². The van der Waals surface area contributed by atoms with Crippen molar-refractivity contribution < 1.29 is 4.79 Å². The molecule has 4 heteroatoms. The van der Waals surface area contributed by atoms with E-state index in [-0.39, 0.29) is 12.3 Å². The first kappa shape index (κ1) is 6.95. The summed E-state index contributed by atoms with van der Waals surface area (Å²) < 4.78 is 1.51. The van der Waals surface area contributed by atoms with Gasteiger partial charge in [0.05, 0.1) is 6.54 Å². The molecule has 54 valence electrons. The lowest BCUT2D eigenvalue weighted by molar-refractivity contribution is 0.0992. The van der Waals surface area contributed by atoms with Gasteiger partial charge in [-0.25, -0.2) is 0 Å². The van der Waals surface area contributed by atoms with Crippen molar-refractivity contribution in [3.05, 3.63) is 18.0 Å². The van der Waals surface area contributed by atoms with Crippen molar-refractivity contribution in [2.75, 3.05) is 6.54 Å². The van der Waals surface area contributed by atoms with E-state index in [9.17, 15) is 4.79 Å². The minimum Gasteiger partial charge on any atom is -0.324 e. The molecule has 0 bridgehead atoms. The molecule has 2 N–H and O–H groups in total. The summed E-state index contributed by atoms with van der Waals surface area (Å²) in [7, 11) is 1.71. The van der Waals surface area contributed by atoms with E-state index in [0.29, 0.717) is 5.69 Å². The summed E-state index contributed by atoms with van der Waals surface area (Å²) in [5, 5.41) is 3.83. The van der Waals surface area contributed by atoms with Crippen LogP contribution in [-0.4, -0.2) is 22.1 Å². The first-order valence-electron chi connectivity index (χ1n) is 2.97. The summed E-state index contributed by atoms with van der Waals surface area (Å²) >= 11 is 0. The predicted molar refractivity (Wildman–Crippen MR) is 36.6 cm³/mol. The molecular weight excluding hydrogens is 130 g/mol. The smallest absolute Gasteiger partial charge is 0.194 e. The summed E-state index contributed by atoms with van der Waals surface area (Å²) in [5.41, 5.74) is 5.70. The summed E-state index contributed by atoms with van der Waals surface area (Å²) in [5.74, 6) is -0.0833. The number of Topliss-reactive ketones (excluding diaryl/α,β-unsaturated/α-hetero) is 1. The minimum atomic E-state index is -0.0833. The molecule has 0 fully saturated rings. The fraction of sp³-hybridized carbons (Fsp3) is 0.333. The van der Waals surface area contributed by atoms with Crippen LogP contribution in [0.2, 0.25) is 0 Å². The van der Waals surface area contributed by atoms with Gasteiger partial charge in [-0.2, -0.15) is 5.10 Å². The van der Waals surface area contributed by atoms with E-state index in [1.165, 1.54) is 4.68 Å². The van der Waals surface area contributed by atoms with Gasteiger partial charge in [0, 0.05) is 13.2 Å². The maximum atomic E-state index is 10.9. The molecule has 1 heterocycles. The summed E-state index contributed by atoms with van der Waals surface area (Å²) in [6.45, 7) is 0.0412. The zero-order valence-electron chi connectivity index (χ0n) is 5.74. The summed E-state index contributed by atoms with van der Waals surface area (Å²) in [6, 6.07) is 1.65. The molecule has 1 aromatic rings. The Morgan fingerprint density at radius 1 is 1.90 bits per heavy atom. The molecule has 0 aliphatic rings. The van der Waals surface area contributed by atoms with E-state index in [2.05, 4.69) is 5.10 Å². The van der Waals surface area contributed by atoms with E-state index in [1.807, 2.05) is 0 Å². The lowest BCUT2D eigenvalue weighted by atomic mass is 10.3. The Balaban J connectivity index is 2.93. The molecule has 1 aromatic heterocycles. The number of nitrogens with two attached hydrogens (primary N) is 1. The second-order valence-corrected chi connectivity index (χ2v) is 1.97. The number of carbonyl (C=O) groups is 1. The molecule has 0 saturated heterocycles. The van der Waals surface area contributed by atoms with Crippen molar-refractivity contribution in [2.45, 2.75) is 0 Å². The van der Waals surface area contributed by atoms with Gasteiger partial charge in [0.1, 0.15) is 5.69 Å². The average molecular weight is 139 g/mol. The Morgan fingerprint density at radius 2 is 2.60 bits per heavy atom. The van der Waals surface area contributed by atoms with Gasteiger partial charge in [-0.05, 0) is 6.07 Å². The summed E-state index contributed by atoms with van der Waals surface area (Å²) in [6.07, 6.45) is 1.57. The maximum absolute atomic E-state index is 10.9. The van der Waals surface area contributed by atoms with Gasteiger partial charge >= 0.3 is 0 Å². The van der Waals surface area contributed by atoms with Crippen LogP contribution in [-0.2, 0) is 7.05 Å². The van der Waals surface area contributed by atoms with Gasteiger partial charge in [-0.3, -0.25) is 9.48 Å². The monoisotopic (exact) mass is 139 g/mol. The Kier molecular flexibility index (Phi) is 1.82. The topological polar surface area (TPSA) is 60.9 Å². The zero-order chi connectivity index (χ0) is 7.56. The normalized spacial score (nSPS) is 9.80. The largest absolute Gasteiger partial charge is 0.324 e. The Labute approximate surface area is 58.6 Å². The van der Waals surface area contributed by atoms with Crippen LogP contribution in [0.5, 0.6) is 0 Å². The Bertz CT molecular complexity index is 241. The number of hydrogen-bond acceptors (Lipinski definition) is 3. The van der Waals surface area contributed by atoms with E-state index >= 15 is 0 Å². The van der Waals surface area contributed by atoms with Gasteiger partial charge in [0.25, 0.3) is 0 Å². The number of rotatable bonds is 2. The van der Waals surface area contributed by atoms with Crippen LogP contribution in [0.4, 0.5) is 0 Å². The van der Waals surface area contributed by atoms with Gasteiger partial charge in [0.2, 0.25) is 0 Å². The molecule has 0 aromatic carbocycles. The molecule has 0 aliphatic carbocycles. The molecular formula is C6H9N3O. The third kappa shape index (κ3) is 1.06. The Morgan fingerprint density at radius 3 is 3.00 bits per heavy atom. The molecule has 0 saturated carbocycles. The van der Waals surface area contributed by atoms with Gasteiger partial charge < -0.3 is 5.73 Å². The maximum Gasteiger partial charge on any atom is 0.194 e. The van der Waals surface area contributed by atoms with Gasteiger partial charge in [-0.1, -0.05) is 0 Å². The molecule has 0 aliphatic heterocycles. The number of nitrogens with zero attached hydrogens (tertiary/aromatic N) is 2. The highest BCUT2D eigenvalue weighted by atomic mass is 16.1. The van der Waals surface area contributed by atoms with E-state index in [0.717, 1.165) is 0 Å². The van der Waals surface area contributed by atoms with E-state index in [1.54, 1.807) is 19.3 Å². The summed E-state index contributed by atoms with van der Waals surface area (Å²) in [4.78, 5) is 10.9. The van der Waals surface area contributed by atoms with Crippen molar-refractivity contribution in [1.82, 2.24) is 9.78 Å². The fourth-order valence-electron chi connectivity index (χ4n) is 0.752. The highest BCUT2D eigenvalue weighted by Gasteiger charge is 2.05. The second kappa shape index (κ2) is 2.62. The third-order valence-corrected chi connectivity index (χ3v) is 1.29. The van der Waals surface area contributed by atoms with Crippen LogP contribution in [0.1, 0.15) is 10.5 Å². The molecule has 0 unspecified atom stereocenters. The van der Waals surface area contributed by atoms with Crippen LogP contribution in [0.3, 0.4) is 0 Å². The molecule has 10 heavy (non-hydrogen) atoms. The lowest BCUT2D eigenvalue weighted by Gasteiger charge is -1.95. The van der Waals surface area contributed by atoms with Crippen LogP contribution in [0.15, 0.2) is 12.3 Å². The third-order valence-electron chi connectivity index (χ3n) is 1.29.